The van der Waals surface area contributed by atoms with Crippen LogP contribution in [0.2, 0.25) is 0 Å². The molecule has 436 valence electrons. The SMILES string of the molecule is CC/C=C\C/C=C\C/C=C\C/C=C\C/C=C\CCCCCCCC(=O)NC(COP(=O)([O-])OCC[N+](C)(C)C)C(/C=C\CCCCCCCCCCCC)OC(=O)CCCCCC/C=C\C/C=C\C/C=C\CCCCC. The lowest BCUT2D eigenvalue weighted by atomic mass is 10.0. The number of esters is 1. The lowest BCUT2D eigenvalue weighted by Gasteiger charge is -2.30. The van der Waals surface area contributed by atoms with Crippen LogP contribution in [-0.2, 0) is 27.9 Å². The molecule has 0 saturated heterocycles. The van der Waals surface area contributed by atoms with Gasteiger partial charge in [0.15, 0.2) is 0 Å². The molecule has 3 atom stereocenters. The highest BCUT2D eigenvalue weighted by Crippen LogP contribution is 2.38. The van der Waals surface area contributed by atoms with Gasteiger partial charge in [-0.2, -0.15) is 0 Å². The summed E-state index contributed by atoms with van der Waals surface area (Å²) in [5.41, 5.74) is 0. The number of phosphoric acid groups is 1. The van der Waals surface area contributed by atoms with Gasteiger partial charge in [-0.15, -0.1) is 0 Å². The number of allylic oxidation sites excluding steroid dienone is 17. The van der Waals surface area contributed by atoms with Crippen molar-refractivity contribution < 1.29 is 37.3 Å². The van der Waals surface area contributed by atoms with Gasteiger partial charge in [-0.25, -0.2) is 0 Å². The van der Waals surface area contributed by atoms with Crippen LogP contribution in [0.5, 0.6) is 0 Å². The molecule has 76 heavy (non-hydrogen) atoms. The van der Waals surface area contributed by atoms with Crippen LogP contribution in [-0.4, -0.2) is 69.4 Å². The van der Waals surface area contributed by atoms with Gasteiger partial charge < -0.3 is 28.5 Å². The quantitative estimate of drug-likeness (QED) is 0.0212. The van der Waals surface area contributed by atoms with Gasteiger partial charge in [-0.3, -0.25) is 14.2 Å². The highest BCUT2D eigenvalue weighted by molar-refractivity contribution is 7.45. The minimum atomic E-state index is -4.72. The average Bonchev–Trinajstić information content (AvgIpc) is 3.38. The van der Waals surface area contributed by atoms with Crippen LogP contribution in [0.25, 0.3) is 0 Å². The molecule has 3 unspecified atom stereocenters. The number of hydrogen-bond acceptors (Lipinski definition) is 7. The molecule has 0 rings (SSSR count). The summed E-state index contributed by atoms with van der Waals surface area (Å²) in [7, 11) is 1.14. The molecule has 1 N–H and O–H groups in total. The first-order valence-corrected chi connectivity index (χ1v) is 32.2. The number of likely N-dealkylation sites (N-methyl/N-ethyl adjacent to an activating group) is 1. The number of unbranched alkanes of at least 4 members (excludes halogenated alkanes) is 22. The summed E-state index contributed by atoms with van der Waals surface area (Å²) >= 11 is 0. The van der Waals surface area contributed by atoms with E-state index in [4.69, 9.17) is 13.8 Å². The first kappa shape index (κ1) is 72.7. The Morgan fingerprint density at radius 3 is 1.29 bits per heavy atom. The Labute approximate surface area is 468 Å². The monoisotopic (exact) mass is 1080 g/mol. The van der Waals surface area contributed by atoms with Crippen LogP contribution in [0.4, 0.5) is 0 Å². The maximum atomic E-state index is 13.5. The largest absolute Gasteiger partial charge is 0.756 e. The van der Waals surface area contributed by atoms with Gasteiger partial charge in [-0.1, -0.05) is 227 Å². The minimum Gasteiger partial charge on any atom is -0.756 e. The fourth-order valence-corrected chi connectivity index (χ4v) is 8.92. The predicted octanol–water partition coefficient (Wildman–Crippen LogP) is 18.3. The molecule has 1 amide bonds. The summed E-state index contributed by atoms with van der Waals surface area (Å²) in [5.74, 6) is -0.594. The van der Waals surface area contributed by atoms with Crippen LogP contribution in [0, 0.1) is 0 Å². The highest BCUT2D eigenvalue weighted by Gasteiger charge is 2.27. The molecule has 0 radical (unpaired) electrons. The zero-order chi connectivity index (χ0) is 55.7. The lowest BCUT2D eigenvalue weighted by Crippen LogP contribution is -2.47. The van der Waals surface area contributed by atoms with Crippen LogP contribution in [0.15, 0.2) is 109 Å². The van der Waals surface area contributed by atoms with E-state index in [0.717, 1.165) is 122 Å². The van der Waals surface area contributed by atoms with Gasteiger partial charge in [0, 0.05) is 12.8 Å². The number of quaternary nitrogens is 1. The third kappa shape index (κ3) is 55.4. The van der Waals surface area contributed by atoms with Gasteiger partial charge >= 0.3 is 5.97 Å². The van der Waals surface area contributed by atoms with Crippen molar-refractivity contribution in [2.45, 2.75) is 258 Å². The lowest BCUT2D eigenvalue weighted by molar-refractivity contribution is -0.870. The molecule has 0 bridgehead atoms. The van der Waals surface area contributed by atoms with E-state index in [2.05, 4.69) is 123 Å². The van der Waals surface area contributed by atoms with Crippen molar-refractivity contribution in [2.24, 2.45) is 0 Å². The Balaban J connectivity index is 5.36. The third-order valence-corrected chi connectivity index (χ3v) is 13.9. The first-order chi connectivity index (χ1) is 36.9. The van der Waals surface area contributed by atoms with Gasteiger partial charge in [0.25, 0.3) is 7.82 Å². The van der Waals surface area contributed by atoms with Crippen molar-refractivity contribution >= 4 is 19.7 Å². The van der Waals surface area contributed by atoms with Gasteiger partial charge in [0.1, 0.15) is 19.3 Å². The van der Waals surface area contributed by atoms with Crippen LogP contribution in [0.3, 0.4) is 0 Å². The van der Waals surface area contributed by atoms with Crippen molar-refractivity contribution in [3.05, 3.63) is 109 Å². The molecule has 10 heteroatoms. The molecule has 0 aromatic rings. The zero-order valence-corrected chi connectivity index (χ0v) is 50.6. The molecule has 0 saturated carbocycles. The second-order valence-electron chi connectivity index (χ2n) is 21.5. The number of nitrogens with zero attached hydrogens (tertiary/aromatic N) is 1. The second-order valence-corrected chi connectivity index (χ2v) is 22.9. The number of amides is 1. The molecule has 0 aromatic carbocycles. The summed E-state index contributed by atoms with van der Waals surface area (Å²) in [6, 6.07) is -0.915. The van der Waals surface area contributed by atoms with Crippen LogP contribution >= 0.6 is 7.82 Å². The van der Waals surface area contributed by atoms with Gasteiger partial charge in [0.05, 0.1) is 33.8 Å². The Hall–Kier alpha value is -3.33. The molecule has 0 aliphatic rings. The fourth-order valence-electron chi connectivity index (χ4n) is 8.20. The summed E-state index contributed by atoms with van der Waals surface area (Å²) in [6.07, 6.45) is 74.8. The average molecular weight is 1080 g/mol. The number of carbonyl (C=O) groups excluding carboxylic acids is 2. The van der Waals surface area contributed by atoms with E-state index < -0.39 is 26.6 Å². The van der Waals surface area contributed by atoms with Crippen LogP contribution < -0.4 is 10.2 Å². The maximum absolute atomic E-state index is 13.5. The second kappa shape index (κ2) is 55.0. The number of phosphoric ester groups is 1. The topological polar surface area (TPSA) is 114 Å². The standard InChI is InChI=1S/C66H115N2O7P/c1-7-10-13-16-19-22-25-28-30-32-33-34-35-37-38-40-43-46-49-52-55-58-65(69)67-63(62-74-76(71,72)73-61-60-68(4,5)6)64(57-54-51-48-45-42-27-24-21-18-15-12-9-3)75-66(70)59-56-53-50-47-44-41-39-36-31-29-26-23-20-17-14-11-8-2/h10,13,19-20,22-23,28-31,33-34,37-39,41,54,57,63-64H,7-9,11-12,14-18,21,24-27,32,35-36,40,42-53,55-56,58-62H2,1-6H3,(H-,67,69,71,72)/b13-10-,22-19-,23-20-,30-28-,31-29-,34-33-,38-37-,41-39-,57-54-. The molecule has 0 spiro atoms. The van der Waals surface area contributed by atoms with Crippen molar-refractivity contribution in [3.63, 3.8) is 0 Å². The van der Waals surface area contributed by atoms with Crippen LogP contribution in [0.1, 0.15) is 245 Å². The number of rotatable bonds is 54. The van der Waals surface area contributed by atoms with E-state index in [1.807, 2.05) is 33.3 Å². The number of ether oxygens (including phenoxy) is 1. The highest BCUT2D eigenvalue weighted by atomic mass is 31.2. The molecular weight excluding hydrogens is 964 g/mol. The van der Waals surface area contributed by atoms with E-state index in [9.17, 15) is 19.0 Å². The Bertz CT molecular complexity index is 1670. The summed E-state index contributed by atoms with van der Waals surface area (Å²) < 4.78 is 30.3. The van der Waals surface area contributed by atoms with E-state index in [1.54, 1.807) is 0 Å². The third-order valence-electron chi connectivity index (χ3n) is 12.9. The Morgan fingerprint density at radius 2 is 0.842 bits per heavy atom. The molecule has 0 aromatic heterocycles. The summed E-state index contributed by atoms with van der Waals surface area (Å²) in [4.78, 5) is 40.0. The van der Waals surface area contributed by atoms with Crippen molar-refractivity contribution in [2.75, 3.05) is 40.9 Å². The maximum Gasteiger partial charge on any atom is 0.306 e. The summed E-state index contributed by atoms with van der Waals surface area (Å²) in [5, 5.41) is 3.01. The minimum absolute atomic E-state index is 0.0359. The van der Waals surface area contributed by atoms with Gasteiger partial charge in [0.2, 0.25) is 5.91 Å². The number of hydrogen-bond donors (Lipinski definition) is 1. The molecule has 0 aliphatic heterocycles. The molecule has 0 aliphatic carbocycles. The van der Waals surface area contributed by atoms with Crippen molar-refractivity contribution in [1.82, 2.24) is 5.32 Å². The number of nitrogens with one attached hydrogen (secondary N) is 1. The van der Waals surface area contributed by atoms with E-state index in [1.165, 1.54) is 77.0 Å². The number of carbonyl (C=O) groups is 2. The molecule has 0 fully saturated rings. The van der Waals surface area contributed by atoms with Crippen molar-refractivity contribution in [1.29, 1.82) is 0 Å². The Kier molecular flexibility index (Phi) is 52.6. The van der Waals surface area contributed by atoms with E-state index in [-0.39, 0.29) is 31.3 Å². The van der Waals surface area contributed by atoms with Gasteiger partial charge in [-0.05, 0) is 115 Å². The molecular formula is C66H115N2O7P. The first-order valence-electron chi connectivity index (χ1n) is 30.7. The smallest absolute Gasteiger partial charge is 0.306 e. The normalized spacial score (nSPS) is 14.5. The Morgan fingerprint density at radius 1 is 0.474 bits per heavy atom. The van der Waals surface area contributed by atoms with Crippen molar-refractivity contribution in [3.8, 4) is 0 Å². The predicted molar refractivity (Wildman–Crippen MR) is 325 cm³/mol. The zero-order valence-electron chi connectivity index (χ0n) is 49.7. The van der Waals surface area contributed by atoms with E-state index in [0.29, 0.717) is 23.9 Å². The molecule has 0 heterocycles. The van der Waals surface area contributed by atoms with E-state index >= 15 is 0 Å². The fraction of sp³-hybridized carbons (Fsp3) is 0.697. The summed E-state index contributed by atoms with van der Waals surface area (Å²) in [6.45, 7) is 6.66. The molecule has 9 nitrogen and oxygen atoms in total.